The molecule has 1 aromatic heterocycles. The quantitative estimate of drug-likeness (QED) is 0.828. The van der Waals surface area contributed by atoms with Gasteiger partial charge in [0.15, 0.2) is 0 Å². The van der Waals surface area contributed by atoms with Crippen molar-refractivity contribution in [3.63, 3.8) is 0 Å². The first-order chi connectivity index (χ1) is 8.10. The van der Waals surface area contributed by atoms with E-state index < -0.39 is 5.63 Å². The predicted octanol–water partition coefficient (Wildman–Crippen LogP) is 2.62. The Kier molecular flexibility index (Phi) is 3.04. The van der Waals surface area contributed by atoms with E-state index in [-0.39, 0.29) is 11.9 Å². The second-order valence-electron chi connectivity index (χ2n) is 4.07. The van der Waals surface area contributed by atoms with Crippen molar-refractivity contribution >= 4 is 16.7 Å². The zero-order chi connectivity index (χ0) is 12.4. The minimum absolute atomic E-state index is 0.0491. The van der Waals surface area contributed by atoms with Crippen LogP contribution < -0.4 is 15.7 Å². The number of benzene rings is 1. The molecule has 0 amide bonds. The third kappa shape index (κ3) is 2.41. The van der Waals surface area contributed by atoms with Gasteiger partial charge in [-0.15, -0.1) is 0 Å². The van der Waals surface area contributed by atoms with E-state index in [2.05, 4.69) is 5.32 Å². The molecule has 0 atom stereocenters. The zero-order valence-electron chi connectivity index (χ0n) is 10.1. The lowest BCUT2D eigenvalue weighted by atomic mass is 10.2. The number of fused-ring (bicyclic) bond motifs is 1. The van der Waals surface area contributed by atoms with E-state index in [4.69, 9.17) is 9.15 Å². The first kappa shape index (κ1) is 11.5. The molecule has 0 saturated heterocycles. The van der Waals surface area contributed by atoms with Crippen molar-refractivity contribution in [1.29, 1.82) is 0 Å². The Labute approximate surface area is 99.2 Å². The van der Waals surface area contributed by atoms with Gasteiger partial charge in [-0.2, -0.15) is 0 Å². The molecule has 1 N–H and O–H groups in total. The van der Waals surface area contributed by atoms with Gasteiger partial charge < -0.3 is 14.5 Å². The van der Waals surface area contributed by atoms with E-state index >= 15 is 0 Å². The molecule has 1 heterocycles. The van der Waals surface area contributed by atoms with Crippen LogP contribution in [0.15, 0.2) is 33.5 Å². The maximum Gasteiger partial charge on any atom is 0.379 e. The number of hydrogen-bond donors (Lipinski definition) is 1. The molecule has 0 aliphatic rings. The Hall–Kier alpha value is -1.97. The van der Waals surface area contributed by atoms with Gasteiger partial charge in [-0.05, 0) is 32.0 Å². The van der Waals surface area contributed by atoms with Crippen LogP contribution >= 0.6 is 0 Å². The molecule has 0 aliphatic heterocycles. The molecule has 0 spiro atoms. The fourth-order valence-electron chi connectivity index (χ4n) is 1.58. The molecular formula is C13H15NO3. The summed E-state index contributed by atoms with van der Waals surface area (Å²) in [5.41, 5.74) is 1.01. The summed E-state index contributed by atoms with van der Waals surface area (Å²) < 4.78 is 10.6. The maximum atomic E-state index is 11.7. The highest BCUT2D eigenvalue weighted by Crippen LogP contribution is 2.21. The van der Waals surface area contributed by atoms with Crippen molar-refractivity contribution in [3.8, 4) is 5.75 Å². The van der Waals surface area contributed by atoms with Crippen molar-refractivity contribution in [2.45, 2.75) is 20.0 Å². The van der Waals surface area contributed by atoms with Crippen LogP contribution in [0.5, 0.6) is 5.75 Å². The molecule has 0 bridgehead atoms. The highest BCUT2D eigenvalue weighted by atomic mass is 16.5. The van der Waals surface area contributed by atoms with Crippen molar-refractivity contribution in [2.24, 2.45) is 0 Å². The topological polar surface area (TPSA) is 51.5 Å². The van der Waals surface area contributed by atoms with Gasteiger partial charge in [0.05, 0.1) is 6.10 Å². The minimum atomic E-state index is -0.445. The summed E-state index contributed by atoms with van der Waals surface area (Å²) in [6.45, 7) is 3.74. The maximum absolute atomic E-state index is 11.7. The molecule has 4 nitrogen and oxygen atoms in total. The minimum Gasteiger partial charge on any atom is -0.484 e. The highest BCUT2D eigenvalue weighted by Gasteiger charge is 2.08. The average molecular weight is 233 g/mol. The second kappa shape index (κ2) is 4.49. The Bertz CT molecular complexity index is 587. The number of nitrogens with one attached hydrogen (secondary N) is 1. The van der Waals surface area contributed by atoms with E-state index in [0.29, 0.717) is 5.58 Å². The van der Waals surface area contributed by atoms with Gasteiger partial charge in [0.25, 0.3) is 0 Å². The molecule has 2 aromatic rings. The summed E-state index contributed by atoms with van der Waals surface area (Å²) in [4.78, 5) is 11.7. The Morgan fingerprint density at radius 1 is 1.29 bits per heavy atom. The fraction of sp³-hybridized carbons (Fsp3) is 0.308. The largest absolute Gasteiger partial charge is 0.484 e. The third-order valence-electron chi connectivity index (χ3n) is 2.36. The van der Waals surface area contributed by atoms with Gasteiger partial charge in [0.1, 0.15) is 5.58 Å². The molecule has 0 radical (unpaired) electrons. The molecule has 0 fully saturated rings. The van der Waals surface area contributed by atoms with Gasteiger partial charge in [-0.3, -0.25) is 0 Å². The number of rotatable bonds is 3. The lowest BCUT2D eigenvalue weighted by molar-refractivity contribution is 0.232. The molecule has 0 unspecified atom stereocenters. The average Bonchev–Trinajstić information content (AvgIpc) is 2.29. The second-order valence-corrected chi connectivity index (χ2v) is 4.07. The summed E-state index contributed by atoms with van der Waals surface area (Å²) in [6, 6.07) is 7.30. The van der Waals surface area contributed by atoms with E-state index in [0.717, 1.165) is 11.1 Å². The Morgan fingerprint density at radius 2 is 2.06 bits per heavy atom. The summed E-state index contributed by atoms with van der Waals surface area (Å²) >= 11 is 0. The summed E-state index contributed by atoms with van der Waals surface area (Å²) in [6.07, 6.45) is -0.0491. The van der Waals surface area contributed by atoms with Gasteiger partial charge in [-0.1, -0.05) is 0 Å². The van der Waals surface area contributed by atoms with Gasteiger partial charge in [-0.25, -0.2) is 4.79 Å². The van der Waals surface area contributed by atoms with Gasteiger partial charge >= 0.3 is 5.63 Å². The third-order valence-corrected chi connectivity index (χ3v) is 2.36. The monoisotopic (exact) mass is 233 g/mol. The molecule has 90 valence electrons. The zero-order valence-corrected chi connectivity index (χ0v) is 10.1. The Balaban J connectivity index is 2.54. The highest BCUT2D eigenvalue weighted by molar-refractivity contribution is 5.81. The standard InChI is InChI=1S/C13H15NO3/c1-8(2)16-12-6-9-4-5-10(14-3)7-11(9)17-13(12)15/h4-8,14H,1-3H3. The van der Waals surface area contributed by atoms with E-state index in [1.165, 1.54) is 0 Å². The number of hydrogen-bond acceptors (Lipinski definition) is 4. The first-order valence-corrected chi connectivity index (χ1v) is 5.52. The van der Waals surface area contributed by atoms with Crippen molar-refractivity contribution < 1.29 is 9.15 Å². The van der Waals surface area contributed by atoms with Crippen molar-refractivity contribution in [1.82, 2.24) is 0 Å². The SMILES string of the molecule is CNc1ccc2cc(OC(C)C)c(=O)oc2c1. The van der Waals surface area contributed by atoms with E-state index in [1.54, 1.807) is 12.1 Å². The predicted molar refractivity (Wildman–Crippen MR) is 67.8 cm³/mol. The van der Waals surface area contributed by atoms with Crippen LogP contribution in [0.2, 0.25) is 0 Å². The molecule has 0 aliphatic carbocycles. The van der Waals surface area contributed by atoms with Crippen LogP contribution in [-0.2, 0) is 0 Å². The Morgan fingerprint density at radius 3 is 2.71 bits per heavy atom. The van der Waals surface area contributed by atoms with Crippen molar-refractivity contribution in [2.75, 3.05) is 12.4 Å². The smallest absolute Gasteiger partial charge is 0.379 e. The molecule has 1 aromatic carbocycles. The molecule has 17 heavy (non-hydrogen) atoms. The van der Waals surface area contributed by atoms with Gasteiger partial charge in [0.2, 0.25) is 5.75 Å². The number of anilines is 1. The molecule has 0 saturated carbocycles. The van der Waals surface area contributed by atoms with Crippen LogP contribution in [-0.4, -0.2) is 13.2 Å². The van der Waals surface area contributed by atoms with Crippen molar-refractivity contribution in [3.05, 3.63) is 34.7 Å². The summed E-state index contributed by atoms with van der Waals surface area (Å²) in [7, 11) is 1.81. The number of ether oxygens (including phenoxy) is 1. The molecule has 2 rings (SSSR count). The van der Waals surface area contributed by atoms with Crippen LogP contribution in [0.3, 0.4) is 0 Å². The van der Waals surface area contributed by atoms with E-state index in [1.807, 2.05) is 33.0 Å². The summed E-state index contributed by atoms with van der Waals surface area (Å²) in [5.74, 6) is 0.254. The normalized spacial score (nSPS) is 10.8. The summed E-state index contributed by atoms with van der Waals surface area (Å²) in [5, 5.41) is 3.84. The van der Waals surface area contributed by atoms with E-state index in [9.17, 15) is 4.79 Å². The van der Waals surface area contributed by atoms with Crippen LogP contribution in [0.4, 0.5) is 5.69 Å². The molecular weight excluding hydrogens is 218 g/mol. The van der Waals surface area contributed by atoms with Gasteiger partial charge in [0, 0.05) is 24.2 Å². The first-order valence-electron chi connectivity index (χ1n) is 5.52. The lowest BCUT2D eigenvalue weighted by Gasteiger charge is -2.09. The van der Waals surface area contributed by atoms with Crippen LogP contribution in [0.1, 0.15) is 13.8 Å². The fourth-order valence-corrected chi connectivity index (χ4v) is 1.58. The van der Waals surface area contributed by atoms with Crippen LogP contribution in [0, 0.1) is 0 Å². The lowest BCUT2D eigenvalue weighted by Crippen LogP contribution is -2.13. The molecule has 4 heteroatoms. The van der Waals surface area contributed by atoms with Crippen LogP contribution in [0.25, 0.3) is 11.0 Å².